The van der Waals surface area contributed by atoms with Gasteiger partial charge >= 0.3 is 5.97 Å². The zero-order chi connectivity index (χ0) is 24.5. The number of nitro benzene ring substituents is 1. The van der Waals surface area contributed by atoms with E-state index in [9.17, 15) is 23.3 Å². The lowest BCUT2D eigenvalue weighted by molar-refractivity contribution is -0.384. The molecule has 0 unspecified atom stereocenters. The van der Waals surface area contributed by atoms with Gasteiger partial charge in [-0.05, 0) is 42.3 Å². The lowest BCUT2D eigenvalue weighted by atomic mass is 9.98. The van der Waals surface area contributed by atoms with Crippen LogP contribution < -0.4 is 4.72 Å². The largest absolute Gasteiger partial charge is 0.480 e. The SMILES string of the molecule is C[C@H](NS(=O)(=O)c1ccc(-c2cc(-c3ccccc3)c3cc([N+](=O)[O-])ccc3n2)cc1)C(=O)O.Cl. The number of fused-ring (bicyclic) bond motifs is 1. The van der Waals surface area contributed by atoms with Gasteiger partial charge in [0, 0.05) is 23.1 Å². The Morgan fingerprint density at radius 2 is 1.66 bits per heavy atom. The molecule has 1 aromatic heterocycles. The predicted octanol–water partition coefficient (Wildman–Crippen LogP) is 4.65. The second-order valence-electron chi connectivity index (χ2n) is 7.59. The highest BCUT2D eigenvalue weighted by atomic mass is 35.5. The first-order chi connectivity index (χ1) is 16.2. The van der Waals surface area contributed by atoms with E-state index >= 15 is 0 Å². The number of halogens is 1. The molecule has 2 N–H and O–H groups in total. The number of non-ortho nitro benzene ring substituents is 1. The first-order valence-electron chi connectivity index (χ1n) is 10.2. The number of sulfonamides is 1. The van der Waals surface area contributed by atoms with Crippen molar-refractivity contribution in [2.45, 2.75) is 17.9 Å². The quantitative estimate of drug-likeness (QED) is 0.271. The Hall–Kier alpha value is -3.86. The number of carboxylic acid groups (broad SMARTS) is 1. The van der Waals surface area contributed by atoms with Crippen LogP contribution in [0.15, 0.2) is 83.8 Å². The summed E-state index contributed by atoms with van der Waals surface area (Å²) in [5.74, 6) is -1.28. The Labute approximate surface area is 207 Å². The van der Waals surface area contributed by atoms with E-state index in [1.54, 1.807) is 24.3 Å². The molecule has 0 saturated carbocycles. The molecule has 0 aliphatic carbocycles. The van der Waals surface area contributed by atoms with Crippen molar-refractivity contribution < 1.29 is 23.2 Å². The average Bonchev–Trinajstić information content (AvgIpc) is 2.83. The summed E-state index contributed by atoms with van der Waals surface area (Å²) in [6, 6.07) is 20.3. The van der Waals surface area contributed by atoms with E-state index in [2.05, 4.69) is 9.71 Å². The van der Waals surface area contributed by atoms with E-state index in [-0.39, 0.29) is 23.0 Å². The maximum absolute atomic E-state index is 12.5. The summed E-state index contributed by atoms with van der Waals surface area (Å²) in [6.07, 6.45) is 0. The molecule has 0 aliphatic heterocycles. The summed E-state index contributed by atoms with van der Waals surface area (Å²) in [4.78, 5) is 26.4. The van der Waals surface area contributed by atoms with Gasteiger partial charge < -0.3 is 5.11 Å². The molecule has 3 aromatic carbocycles. The average molecular weight is 514 g/mol. The highest BCUT2D eigenvalue weighted by Gasteiger charge is 2.21. The van der Waals surface area contributed by atoms with Crippen molar-refractivity contribution in [1.29, 1.82) is 0 Å². The Morgan fingerprint density at radius 1 is 1.00 bits per heavy atom. The van der Waals surface area contributed by atoms with Crippen molar-refractivity contribution in [2.24, 2.45) is 0 Å². The van der Waals surface area contributed by atoms with Crippen molar-refractivity contribution >= 4 is 45.0 Å². The fourth-order valence-corrected chi connectivity index (χ4v) is 4.68. The number of nitrogens with zero attached hydrogens (tertiary/aromatic N) is 2. The first kappa shape index (κ1) is 25.8. The Kier molecular flexibility index (Phi) is 7.49. The number of carboxylic acids is 1. The van der Waals surface area contributed by atoms with Crippen LogP contribution in [0.5, 0.6) is 0 Å². The maximum atomic E-state index is 12.5. The Bertz CT molecular complexity index is 1510. The van der Waals surface area contributed by atoms with Crippen LogP contribution in [0.4, 0.5) is 5.69 Å². The van der Waals surface area contributed by atoms with Crippen LogP contribution >= 0.6 is 12.4 Å². The molecule has 1 heterocycles. The van der Waals surface area contributed by atoms with E-state index in [4.69, 9.17) is 5.11 Å². The second kappa shape index (κ2) is 10.2. The zero-order valence-electron chi connectivity index (χ0n) is 18.3. The van der Waals surface area contributed by atoms with Crippen molar-refractivity contribution in [1.82, 2.24) is 9.71 Å². The minimum absolute atomic E-state index is 0. The minimum atomic E-state index is -4.02. The van der Waals surface area contributed by atoms with Crippen molar-refractivity contribution in [3.8, 4) is 22.4 Å². The number of aromatic nitrogens is 1. The fourth-order valence-electron chi connectivity index (χ4n) is 3.49. The summed E-state index contributed by atoms with van der Waals surface area (Å²) >= 11 is 0. The van der Waals surface area contributed by atoms with Crippen LogP contribution in [0, 0.1) is 10.1 Å². The summed E-state index contributed by atoms with van der Waals surface area (Å²) in [7, 11) is -4.02. The van der Waals surface area contributed by atoms with Gasteiger partial charge in [-0.25, -0.2) is 13.4 Å². The highest BCUT2D eigenvalue weighted by Crippen LogP contribution is 2.34. The summed E-state index contributed by atoms with van der Waals surface area (Å²) < 4.78 is 27.0. The molecule has 9 nitrogen and oxygen atoms in total. The summed E-state index contributed by atoms with van der Waals surface area (Å²) in [6.45, 7) is 1.24. The molecule has 0 bridgehead atoms. The normalized spacial score (nSPS) is 12.0. The fraction of sp³-hybridized carbons (Fsp3) is 0.0833. The lowest BCUT2D eigenvalue weighted by Crippen LogP contribution is -2.38. The molecule has 4 aromatic rings. The topological polar surface area (TPSA) is 140 Å². The summed E-state index contributed by atoms with van der Waals surface area (Å²) in [5.41, 5.74) is 3.28. The number of nitro groups is 1. The van der Waals surface area contributed by atoms with Gasteiger partial charge in [-0.15, -0.1) is 12.4 Å². The number of hydrogen-bond acceptors (Lipinski definition) is 6. The lowest BCUT2D eigenvalue weighted by Gasteiger charge is -2.12. The van der Waals surface area contributed by atoms with Crippen molar-refractivity contribution in [2.75, 3.05) is 0 Å². The van der Waals surface area contributed by atoms with E-state index in [0.29, 0.717) is 22.2 Å². The van der Waals surface area contributed by atoms with E-state index in [1.807, 2.05) is 30.3 Å². The Balaban J connectivity index is 0.00000342. The van der Waals surface area contributed by atoms with Crippen LogP contribution in [0.1, 0.15) is 6.92 Å². The van der Waals surface area contributed by atoms with Gasteiger partial charge in [-0.1, -0.05) is 42.5 Å². The molecule has 180 valence electrons. The third kappa shape index (κ3) is 5.46. The monoisotopic (exact) mass is 513 g/mol. The molecule has 35 heavy (non-hydrogen) atoms. The molecular weight excluding hydrogens is 494 g/mol. The number of rotatable bonds is 7. The van der Waals surface area contributed by atoms with E-state index < -0.39 is 27.0 Å². The molecule has 0 spiro atoms. The molecular formula is C24H20ClN3O6S. The molecule has 1 atom stereocenters. The van der Waals surface area contributed by atoms with Gasteiger partial charge in [-0.3, -0.25) is 14.9 Å². The number of hydrogen-bond donors (Lipinski definition) is 2. The van der Waals surface area contributed by atoms with Gasteiger partial charge in [0.2, 0.25) is 10.0 Å². The van der Waals surface area contributed by atoms with Gasteiger partial charge in [0.15, 0.2) is 0 Å². The molecule has 0 amide bonds. The number of nitrogens with one attached hydrogen (secondary N) is 1. The molecule has 0 aliphatic rings. The van der Waals surface area contributed by atoms with Crippen LogP contribution in [0.3, 0.4) is 0 Å². The first-order valence-corrected chi connectivity index (χ1v) is 11.6. The zero-order valence-corrected chi connectivity index (χ0v) is 19.9. The standard InChI is InChI=1S/C24H19N3O6S.ClH/c1-15(24(28)29)26-34(32,33)19-10-7-17(8-11-19)23-14-20(16-5-3-2-4-6-16)21-13-18(27(30)31)9-12-22(21)25-23;/h2-15,26H,1H3,(H,28,29);1H/t15-;/m0./s1. The van der Waals surface area contributed by atoms with Gasteiger partial charge in [0.1, 0.15) is 6.04 Å². The summed E-state index contributed by atoms with van der Waals surface area (Å²) in [5, 5.41) is 20.9. The third-order valence-corrected chi connectivity index (χ3v) is 6.81. The number of pyridine rings is 1. The highest BCUT2D eigenvalue weighted by molar-refractivity contribution is 7.89. The molecule has 0 fully saturated rings. The van der Waals surface area contributed by atoms with Crippen LogP contribution in [0.2, 0.25) is 0 Å². The van der Waals surface area contributed by atoms with Crippen LogP contribution in [-0.2, 0) is 14.8 Å². The van der Waals surface area contributed by atoms with Gasteiger partial charge in [0.05, 0.1) is 21.0 Å². The van der Waals surface area contributed by atoms with Gasteiger partial charge in [0.25, 0.3) is 5.69 Å². The smallest absolute Gasteiger partial charge is 0.321 e. The van der Waals surface area contributed by atoms with E-state index in [1.165, 1.54) is 31.2 Å². The molecule has 0 saturated heterocycles. The second-order valence-corrected chi connectivity index (χ2v) is 9.30. The third-order valence-electron chi connectivity index (χ3n) is 5.25. The van der Waals surface area contributed by atoms with Gasteiger partial charge in [-0.2, -0.15) is 4.72 Å². The molecule has 4 rings (SSSR count). The Morgan fingerprint density at radius 3 is 2.26 bits per heavy atom. The number of aliphatic carboxylic acids is 1. The predicted molar refractivity (Wildman–Crippen MR) is 134 cm³/mol. The molecule has 0 radical (unpaired) electrons. The number of benzene rings is 3. The molecule has 11 heteroatoms. The maximum Gasteiger partial charge on any atom is 0.321 e. The van der Waals surface area contributed by atoms with Crippen molar-refractivity contribution in [3.63, 3.8) is 0 Å². The number of carbonyl (C=O) groups is 1. The van der Waals surface area contributed by atoms with E-state index in [0.717, 1.165) is 11.1 Å². The van der Waals surface area contributed by atoms with Crippen LogP contribution in [-0.4, -0.2) is 35.4 Å². The minimum Gasteiger partial charge on any atom is -0.480 e. The van der Waals surface area contributed by atoms with Crippen LogP contribution in [0.25, 0.3) is 33.3 Å². The van der Waals surface area contributed by atoms with Crippen molar-refractivity contribution in [3.05, 3.63) is 89.0 Å².